The molecule has 5 heteroatoms. The van der Waals surface area contributed by atoms with Gasteiger partial charge in [0.1, 0.15) is 11.9 Å². The molecule has 0 radical (unpaired) electrons. The molecule has 4 aromatic rings. The van der Waals surface area contributed by atoms with Gasteiger partial charge in [0.15, 0.2) is 0 Å². The zero-order chi connectivity index (χ0) is 23.5. The Morgan fingerprint density at radius 3 is 2.60 bits per heavy atom. The Kier molecular flexibility index (Phi) is 7.74. The summed E-state index contributed by atoms with van der Waals surface area (Å²) in [5, 5.41) is 15.7. The number of aromatic carboxylic acids is 1. The van der Waals surface area contributed by atoms with Crippen molar-refractivity contribution in [3.05, 3.63) is 113 Å². The van der Waals surface area contributed by atoms with E-state index in [0.29, 0.717) is 5.56 Å². The van der Waals surface area contributed by atoms with Crippen molar-refractivity contribution < 1.29 is 14.6 Å². The second kappa shape index (κ2) is 10.9. The largest absolute Gasteiger partial charge is 0.490 e. The van der Waals surface area contributed by atoms with Gasteiger partial charge in [0.05, 0.1) is 5.56 Å². The molecule has 5 rings (SSSR count). The van der Waals surface area contributed by atoms with E-state index >= 15 is 0 Å². The Labute approximate surface area is 212 Å². The number of halogens is 1. The Balaban J connectivity index is 0.00000289. The van der Waals surface area contributed by atoms with E-state index in [2.05, 4.69) is 60.8 Å². The van der Waals surface area contributed by atoms with Crippen LogP contribution in [-0.2, 0) is 0 Å². The molecule has 0 spiro atoms. The van der Waals surface area contributed by atoms with Crippen molar-refractivity contribution in [3.8, 4) is 5.75 Å². The van der Waals surface area contributed by atoms with Crippen LogP contribution >= 0.6 is 12.4 Å². The van der Waals surface area contributed by atoms with Gasteiger partial charge in [0.25, 0.3) is 0 Å². The maximum Gasteiger partial charge on any atom is 0.335 e. The van der Waals surface area contributed by atoms with E-state index in [1.165, 1.54) is 16.3 Å². The lowest BCUT2D eigenvalue weighted by Gasteiger charge is -2.33. The van der Waals surface area contributed by atoms with Crippen LogP contribution in [0.4, 0.5) is 0 Å². The molecule has 2 N–H and O–H groups in total. The van der Waals surface area contributed by atoms with Crippen molar-refractivity contribution in [2.75, 3.05) is 6.54 Å². The van der Waals surface area contributed by atoms with Gasteiger partial charge in [-0.2, -0.15) is 0 Å². The van der Waals surface area contributed by atoms with Crippen LogP contribution in [0.5, 0.6) is 5.75 Å². The molecule has 2 unspecified atom stereocenters. The highest BCUT2D eigenvalue weighted by Gasteiger charge is 2.29. The number of carbonyl (C=O) groups is 1. The molecule has 4 aromatic carbocycles. The van der Waals surface area contributed by atoms with Crippen LogP contribution in [0, 0.1) is 0 Å². The Morgan fingerprint density at radius 2 is 1.74 bits per heavy atom. The summed E-state index contributed by atoms with van der Waals surface area (Å²) in [5.41, 5.74) is 3.77. The number of benzene rings is 4. The SMILES string of the molecule is C[C@@H](NCCC1CC(c2cccc(C(=O)O)c2)c2ccccc2O1)c1cccc2ccccc12.Cl. The molecule has 0 bridgehead atoms. The predicted molar refractivity (Wildman–Crippen MR) is 143 cm³/mol. The van der Waals surface area contributed by atoms with Crippen molar-refractivity contribution in [3.63, 3.8) is 0 Å². The molecule has 4 nitrogen and oxygen atoms in total. The topological polar surface area (TPSA) is 58.6 Å². The Bertz CT molecular complexity index is 1320. The summed E-state index contributed by atoms with van der Waals surface area (Å²) in [5.74, 6) is 0.113. The molecule has 180 valence electrons. The first-order valence-corrected chi connectivity index (χ1v) is 11.9. The number of ether oxygens (including phenoxy) is 1. The third-order valence-electron chi connectivity index (χ3n) is 6.83. The maximum atomic E-state index is 11.5. The molecular formula is C30H30ClNO3. The first kappa shape index (κ1) is 24.8. The van der Waals surface area contributed by atoms with Gasteiger partial charge in [-0.25, -0.2) is 4.79 Å². The van der Waals surface area contributed by atoms with Crippen LogP contribution in [0.3, 0.4) is 0 Å². The Hall–Kier alpha value is -3.34. The van der Waals surface area contributed by atoms with Crippen molar-refractivity contribution in [2.45, 2.75) is 37.8 Å². The molecule has 0 saturated heterocycles. The fourth-order valence-electron chi connectivity index (χ4n) is 5.07. The second-order valence-corrected chi connectivity index (χ2v) is 9.03. The lowest BCUT2D eigenvalue weighted by Crippen LogP contribution is -2.31. The van der Waals surface area contributed by atoms with E-state index < -0.39 is 5.97 Å². The molecule has 0 amide bonds. The smallest absolute Gasteiger partial charge is 0.335 e. The lowest BCUT2D eigenvalue weighted by atomic mass is 9.83. The zero-order valence-electron chi connectivity index (χ0n) is 19.7. The molecular weight excluding hydrogens is 458 g/mol. The average molecular weight is 488 g/mol. The summed E-state index contributed by atoms with van der Waals surface area (Å²) >= 11 is 0. The quantitative estimate of drug-likeness (QED) is 0.295. The number of carboxylic acids is 1. The molecule has 0 saturated carbocycles. The van der Waals surface area contributed by atoms with Crippen LogP contribution in [0.15, 0.2) is 91.0 Å². The zero-order valence-corrected chi connectivity index (χ0v) is 20.5. The lowest BCUT2D eigenvalue weighted by molar-refractivity contribution is 0.0696. The highest BCUT2D eigenvalue weighted by molar-refractivity contribution is 5.88. The third kappa shape index (κ3) is 5.34. The van der Waals surface area contributed by atoms with Crippen LogP contribution in [0.25, 0.3) is 10.8 Å². The second-order valence-electron chi connectivity index (χ2n) is 9.03. The van der Waals surface area contributed by atoms with Gasteiger partial charge in [-0.1, -0.05) is 72.8 Å². The Morgan fingerprint density at radius 1 is 1.00 bits per heavy atom. The minimum atomic E-state index is -0.898. The average Bonchev–Trinajstić information content (AvgIpc) is 2.88. The number of carboxylic acid groups (broad SMARTS) is 1. The summed E-state index contributed by atoms with van der Waals surface area (Å²) in [6.45, 7) is 3.04. The first-order valence-electron chi connectivity index (χ1n) is 11.9. The van der Waals surface area contributed by atoms with Gasteiger partial charge in [-0.3, -0.25) is 0 Å². The monoisotopic (exact) mass is 487 g/mol. The van der Waals surface area contributed by atoms with Gasteiger partial charge in [-0.05, 0) is 66.4 Å². The van der Waals surface area contributed by atoms with Gasteiger partial charge >= 0.3 is 5.97 Å². The van der Waals surface area contributed by atoms with Gasteiger partial charge in [0, 0.05) is 17.5 Å². The van der Waals surface area contributed by atoms with E-state index in [1.807, 2.05) is 30.3 Å². The summed E-state index contributed by atoms with van der Waals surface area (Å²) in [6.07, 6.45) is 1.75. The molecule has 1 aliphatic rings. The van der Waals surface area contributed by atoms with E-state index in [-0.39, 0.29) is 30.5 Å². The third-order valence-corrected chi connectivity index (χ3v) is 6.83. The molecule has 35 heavy (non-hydrogen) atoms. The number of rotatable bonds is 7. The minimum absolute atomic E-state index is 0. The van der Waals surface area contributed by atoms with E-state index in [0.717, 1.165) is 36.3 Å². The molecule has 0 aliphatic carbocycles. The first-order chi connectivity index (χ1) is 16.6. The normalized spacial score (nSPS) is 17.6. The van der Waals surface area contributed by atoms with Crippen LogP contribution < -0.4 is 10.1 Å². The summed E-state index contributed by atoms with van der Waals surface area (Å²) < 4.78 is 6.36. The van der Waals surface area contributed by atoms with Crippen molar-refractivity contribution in [2.24, 2.45) is 0 Å². The van der Waals surface area contributed by atoms with Crippen LogP contribution in [-0.4, -0.2) is 23.7 Å². The van der Waals surface area contributed by atoms with E-state index in [4.69, 9.17) is 4.74 Å². The summed E-state index contributed by atoms with van der Waals surface area (Å²) in [7, 11) is 0. The van der Waals surface area contributed by atoms with Gasteiger partial charge < -0.3 is 15.2 Å². The van der Waals surface area contributed by atoms with Crippen LogP contribution in [0.2, 0.25) is 0 Å². The number of fused-ring (bicyclic) bond motifs is 2. The molecule has 1 aliphatic heterocycles. The standard InChI is InChI=1S/C30H29NO3.ClH/c1-20(25-14-7-9-21-8-2-3-12-26(21)25)31-17-16-24-19-28(27-13-4-5-15-29(27)34-24)22-10-6-11-23(18-22)30(32)33;/h2-15,18,20,24,28,31H,16-17,19H2,1H3,(H,32,33);1H/t20-,24?,28?;/m1./s1. The van der Waals surface area contributed by atoms with Crippen molar-refractivity contribution >= 4 is 29.1 Å². The number of hydrogen-bond acceptors (Lipinski definition) is 3. The highest BCUT2D eigenvalue weighted by atomic mass is 35.5. The number of para-hydroxylation sites is 1. The highest BCUT2D eigenvalue weighted by Crippen LogP contribution is 2.41. The maximum absolute atomic E-state index is 11.5. The fraction of sp³-hybridized carbons (Fsp3) is 0.233. The summed E-state index contributed by atoms with van der Waals surface area (Å²) in [6, 6.07) is 30.6. The minimum Gasteiger partial charge on any atom is -0.490 e. The predicted octanol–water partition coefficient (Wildman–Crippen LogP) is 6.98. The summed E-state index contributed by atoms with van der Waals surface area (Å²) in [4.78, 5) is 11.5. The van der Waals surface area contributed by atoms with Crippen molar-refractivity contribution in [1.29, 1.82) is 0 Å². The fourth-order valence-corrected chi connectivity index (χ4v) is 5.07. The molecule has 0 aromatic heterocycles. The van der Waals surface area contributed by atoms with Gasteiger partial charge in [-0.15, -0.1) is 12.4 Å². The number of hydrogen-bond donors (Lipinski definition) is 2. The molecule has 0 fully saturated rings. The van der Waals surface area contributed by atoms with Gasteiger partial charge in [0.2, 0.25) is 0 Å². The molecule has 1 heterocycles. The van der Waals surface area contributed by atoms with E-state index in [9.17, 15) is 9.90 Å². The van der Waals surface area contributed by atoms with Crippen molar-refractivity contribution in [1.82, 2.24) is 5.32 Å². The molecule has 3 atom stereocenters. The van der Waals surface area contributed by atoms with E-state index in [1.54, 1.807) is 12.1 Å². The van der Waals surface area contributed by atoms with Crippen LogP contribution in [0.1, 0.15) is 58.8 Å². The number of nitrogens with one attached hydrogen (secondary N) is 1.